The number of anilines is 2. The molecule has 3 rings (SSSR count). The highest BCUT2D eigenvalue weighted by molar-refractivity contribution is 5.89. The molecule has 4 N–H and O–H groups in total. The predicted molar refractivity (Wildman–Crippen MR) is 143 cm³/mol. The molecule has 2 heterocycles. The summed E-state index contributed by atoms with van der Waals surface area (Å²) >= 11 is 0. The van der Waals surface area contributed by atoms with Gasteiger partial charge < -0.3 is 41.0 Å². The molecule has 2 fully saturated rings. The number of ether oxygens (including phenoxy) is 2. The molecule has 0 radical (unpaired) electrons. The Hall–Kier alpha value is -1.48. The van der Waals surface area contributed by atoms with Crippen LogP contribution >= 0.6 is 0 Å². The van der Waals surface area contributed by atoms with Crippen molar-refractivity contribution in [2.24, 2.45) is 0 Å². The Balaban J connectivity index is 1.30. The highest BCUT2D eigenvalue weighted by atomic mass is 16.5. The molecular formula is C28H50N4O4. The molecule has 36 heavy (non-hydrogen) atoms. The first-order valence-corrected chi connectivity index (χ1v) is 13.7. The first-order valence-electron chi connectivity index (χ1n) is 13.7. The van der Waals surface area contributed by atoms with Crippen LogP contribution in [-0.4, -0.2) is 60.7 Å². The van der Waals surface area contributed by atoms with Crippen LogP contribution in [0.4, 0.5) is 11.4 Å². The summed E-state index contributed by atoms with van der Waals surface area (Å²) in [5.74, 6) is -0.434. The number of piperidine rings is 2. The van der Waals surface area contributed by atoms with Crippen molar-refractivity contribution in [1.82, 2.24) is 10.6 Å². The molecule has 0 atom stereocenters. The van der Waals surface area contributed by atoms with Gasteiger partial charge in [0.05, 0.1) is 12.2 Å². The molecule has 8 heteroatoms. The van der Waals surface area contributed by atoms with Crippen LogP contribution in [0.5, 0.6) is 11.5 Å². The second-order valence-electron chi connectivity index (χ2n) is 13.6. The van der Waals surface area contributed by atoms with Crippen LogP contribution < -0.4 is 31.5 Å². The second-order valence-corrected chi connectivity index (χ2v) is 13.6. The molecule has 0 aromatic heterocycles. The predicted octanol–water partition coefficient (Wildman–Crippen LogP) is 3.53. The van der Waals surface area contributed by atoms with Gasteiger partial charge >= 0.3 is 0 Å². The van der Waals surface area contributed by atoms with Crippen LogP contribution in [-0.2, 0) is 9.47 Å². The lowest BCUT2D eigenvalue weighted by Gasteiger charge is -2.46. The molecule has 2 saturated heterocycles. The fraction of sp³-hybridized carbons (Fsp3) is 0.857. The quantitative estimate of drug-likeness (QED) is 0.252. The molecule has 2 aliphatic rings. The summed E-state index contributed by atoms with van der Waals surface area (Å²) < 4.78 is 12.2. The Labute approximate surface area is 218 Å². The molecule has 0 amide bonds. The van der Waals surface area contributed by atoms with Crippen molar-refractivity contribution in [3.8, 4) is 11.5 Å². The van der Waals surface area contributed by atoms with Gasteiger partial charge in [0.2, 0.25) is 11.4 Å². The maximum Gasteiger partial charge on any atom is 0.249 e. The third kappa shape index (κ3) is 8.27. The molecule has 8 nitrogen and oxygen atoms in total. The summed E-state index contributed by atoms with van der Waals surface area (Å²) in [5.41, 5.74) is 0.597. The Morgan fingerprint density at radius 3 is 1.61 bits per heavy atom. The van der Waals surface area contributed by atoms with E-state index in [2.05, 4.69) is 76.7 Å². The lowest BCUT2D eigenvalue weighted by molar-refractivity contribution is -0.287. The number of hydrogen-bond donors (Lipinski definition) is 4. The molecule has 206 valence electrons. The van der Waals surface area contributed by atoms with Crippen LogP contribution in [0.1, 0.15) is 93.9 Å². The second kappa shape index (κ2) is 11.1. The van der Waals surface area contributed by atoms with Crippen molar-refractivity contribution in [1.29, 1.82) is 0 Å². The van der Waals surface area contributed by atoms with Crippen molar-refractivity contribution in [3.05, 3.63) is 0 Å². The largest absolute Gasteiger partial charge is 0.790 e. The SMILES string of the molecule is CC1(C)CC(OCCCNc2c([O-])[c+](NCCCOC3CC(C)(C)NC(C)(C)C3)[c+]2[O-])CC(C)(C)N1. The summed E-state index contributed by atoms with van der Waals surface area (Å²) in [6.45, 7) is 20.0. The van der Waals surface area contributed by atoms with Crippen molar-refractivity contribution in [2.75, 3.05) is 36.9 Å². The van der Waals surface area contributed by atoms with Crippen LogP contribution in [0.3, 0.4) is 0 Å². The highest BCUT2D eigenvalue weighted by Crippen LogP contribution is 2.48. The van der Waals surface area contributed by atoms with Gasteiger partial charge in [-0.05, 0) is 93.9 Å². The van der Waals surface area contributed by atoms with E-state index in [4.69, 9.17) is 9.47 Å². The highest BCUT2D eigenvalue weighted by Gasteiger charge is 2.39. The normalized spacial score (nSPS) is 23.6. The zero-order valence-corrected chi connectivity index (χ0v) is 23.9. The van der Waals surface area contributed by atoms with Gasteiger partial charge in [0.15, 0.2) is 11.5 Å². The molecule has 2 aliphatic heterocycles. The molecule has 0 aliphatic carbocycles. The van der Waals surface area contributed by atoms with Crippen molar-refractivity contribution >= 4 is 11.4 Å². The molecule has 0 bridgehead atoms. The van der Waals surface area contributed by atoms with Crippen molar-refractivity contribution in [3.63, 3.8) is 0 Å². The average molecular weight is 507 g/mol. The minimum atomic E-state index is -0.217. The summed E-state index contributed by atoms with van der Waals surface area (Å²) in [6, 6.07) is 0. The topological polar surface area (TPSA) is 113 Å². The van der Waals surface area contributed by atoms with E-state index in [9.17, 15) is 10.2 Å². The van der Waals surface area contributed by atoms with Crippen molar-refractivity contribution < 1.29 is 19.7 Å². The van der Waals surface area contributed by atoms with E-state index in [1.54, 1.807) is 0 Å². The van der Waals surface area contributed by atoms with Gasteiger partial charge in [0, 0.05) is 48.5 Å². The van der Waals surface area contributed by atoms with E-state index in [1.807, 2.05) is 0 Å². The molecule has 1 aromatic rings. The Bertz CT molecular complexity index is 726. The van der Waals surface area contributed by atoms with Crippen LogP contribution in [0, 0.1) is 0 Å². The molecule has 0 spiro atoms. The Kier molecular flexibility index (Phi) is 8.96. The monoisotopic (exact) mass is 506 g/mol. The van der Waals surface area contributed by atoms with Gasteiger partial charge in [-0.1, -0.05) is 0 Å². The fourth-order valence-corrected chi connectivity index (χ4v) is 6.48. The van der Waals surface area contributed by atoms with Gasteiger partial charge in [-0.25, -0.2) is 0 Å². The Morgan fingerprint density at radius 2 is 1.19 bits per heavy atom. The van der Waals surface area contributed by atoms with E-state index in [0.717, 1.165) is 38.5 Å². The van der Waals surface area contributed by atoms with Gasteiger partial charge in [-0.3, -0.25) is 0 Å². The first-order chi connectivity index (χ1) is 16.6. The van der Waals surface area contributed by atoms with E-state index >= 15 is 0 Å². The van der Waals surface area contributed by atoms with E-state index in [1.165, 1.54) is 0 Å². The minimum absolute atomic E-state index is 0.0534. The zero-order chi connectivity index (χ0) is 26.8. The standard InChI is InChI=1S/C28H50N4O4/c1-25(2)15-19(16-26(3,4)31-25)35-13-9-11-29-21-23(33)22(24(21)34)30-12-10-14-36-20-17-27(5,6)32-28(7,8)18-20/h19-20,29-32H,9-18H2,1-8H3. The summed E-state index contributed by atoms with van der Waals surface area (Å²) in [4.78, 5) is 0. The summed E-state index contributed by atoms with van der Waals surface area (Å²) in [6.07, 6.45) is 5.83. The van der Waals surface area contributed by atoms with Gasteiger partial charge in [0.25, 0.3) is 0 Å². The summed E-state index contributed by atoms with van der Waals surface area (Å²) in [7, 11) is 0. The summed E-state index contributed by atoms with van der Waals surface area (Å²) in [5, 5.41) is 38.1. The lowest BCUT2D eigenvalue weighted by Crippen LogP contribution is -2.59. The van der Waals surface area contributed by atoms with Crippen molar-refractivity contribution in [2.45, 2.75) is 128 Å². The average Bonchev–Trinajstić information content (AvgIpc) is 2.68. The smallest absolute Gasteiger partial charge is 0.249 e. The van der Waals surface area contributed by atoms with Crippen LogP contribution in [0.25, 0.3) is 0 Å². The number of hydrogen-bond acceptors (Lipinski definition) is 8. The molecule has 0 saturated carbocycles. The van der Waals surface area contributed by atoms with Gasteiger partial charge in [0.1, 0.15) is 0 Å². The van der Waals surface area contributed by atoms with Crippen LogP contribution in [0.2, 0.25) is 0 Å². The first kappa shape index (κ1) is 29.1. The van der Waals surface area contributed by atoms with Crippen LogP contribution in [0.15, 0.2) is 0 Å². The maximum absolute atomic E-state index is 12.4. The fourth-order valence-electron chi connectivity index (χ4n) is 6.48. The molecule has 1 aromatic carbocycles. The van der Waals surface area contributed by atoms with E-state index in [0.29, 0.717) is 26.3 Å². The molecular weight excluding hydrogens is 456 g/mol. The molecule has 0 unspecified atom stereocenters. The van der Waals surface area contributed by atoms with E-state index < -0.39 is 0 Å². The zero-order valence-electron chi connectivity index (χ0n) is 23.9. The maximum atomic E-state index is 12.4. The lowest BCUT2D eigenvalue weighted by atomic mass is 9.81. The van der Waals surface area contributed by atoms with Gasteiger partial charge in [-0.15, -0.1) is 0 Å². The Morgan fingerprint density at radius 1 is 0.778 bits per heavy atom. The number of rotatable bonds is 12. The van der Waals surface area contributed by atoms with Gasteiger partial charge in [-0.2, -0.15) is 0 Å². The minimum Gasteiger partial charge on any atom is -0.790 e. The third-order valence-electron chi connectivity index (χ3n) is 7.17. The third-order valence-corrected chi connectivity index (χ3v) is 7.17. The van der Waals surface area contributed by atoms with E-state index in [-0.39, 0.29) is 57.2 Å². The number of nitrogens with one attached hydrogen (secondary N) is 4.